The Hall–Kier alpha value is -2.78. The summed E-state index contributed by atoms with van der Waals surface area (Å²) in [5.74, 6) is 0.262. The van der Waals surface area contributed by atoms with Crippen LogP contribution in [0.25, 0.3) is 0 Å². The summed E-state index contributed by atoms with van der Waals surface area (Å²) in [6.07, 6.45) is 0. The van der Waals surface area contributed by atoms with Gasteiger partial charge in [0.1, 0.15) is 11.5 Å². The number of hydrogen-bond acceptors (Lipinski definition) is 6. The van der Waals surface area contributed by atoms with Gasteiger partial charge in [-0.05, 0) is 36.4 Å². The third-order valence-electron chi connectivity index (χ3n) is 4.71. The minimum Gasteiger partial charge on any atom is -0.497 e. The van der Waals surface area contributed by atoms with Crippen LogP contribution in [0.3, 0.4) is 0 Å². The number of ether oxygens (including phenoxy) is 2. The number of methoxy groups -OCH3 is 2. The summed E-state index contributed by atoms with van der Waals surface area (Å²) in [6.45, 7) is 1.65. The third kappa shape index (κ3) is 3.90. The van der Waals surface area contributed by atoms with Crippen LogP contribution in [0.15, 0.2) is 47.4 Å². The second kappa shape index (κ2) is 8.07. The molecule has 3 rings (SSSR count). The Balaban J connectivity index is 1.73. The molecule has 0 atom stereocenters. The second-order valence-corrected chi connectivity index (χ2v) is 8.20. The summed E-state index contributed by atoms with van der Waals surface area (Å²) in [7, 11) is -0.506. The van der Waals surface area contributed by atoms with E-state index in [1.54, 1.807) is 20.3 Å². The number of nitrogens with zero attached hydrogens (tertiary/aromatic N) is 2. The van der Waals surface area contributed by atoms with E-state index in [9.17, 15) is 13.2 Å². The molecule has 1 saturated heterocycles. The summed E-state index contributed by atoms with van der Waals surface area (Å²) in [5.41, 5.74) is 0.932. The van der Waals surface area contributed by atoms with Crippen molar-refractivity contribution >= 4 is 21.7 Å². The van der Waals surface area contributed by atoms with Gasteiger partial charge in [0.05, 0.1) is 30.4 Å². The lowest BCUT2D eigenvalue weighted by Crippen LogP contribution is -2.48. The van der Waals surface area contributed by atoms with E-state index < -0.39 is 16.0 Å². The largest absolute Gasteiger partial charge is 0.497 e. The predicted molar refractivity (Wildman–Crippen MR) is 104 cm³/mol. The Bertz CT molecular complexity index is 951. The smallest absolute Gasteiger partial charge is 0.335 e. The van der Waals surface area contributed by atoms with Crippen molar-refractivity contribution < 1.29 is 27.8 Å². The number of piperazine rings is 1. The number of sulfonamides is 1. The van der Waals surface area contributed by atoms with Gasteiger partial charge < -0.3 is 19.5 Å². The molecule has 0 amide bonds. The number of rotatable bonds is 6. The van der Waals surface area contributed by atoms with E-state index in [-0.39, 0.29) is 10.5 Å². The van der Waals surface area contributed by atoms with Gasteiger partial charge in [-0.2, -0.15) is 4.31 Å². The monoisotopic (exact) mass is 406 g/mol. The molecule has 1 aliphatic heterocycles. The Labute approximate surface area is 164 Å². The van der Waals surface area contributed by atoms with Crippen LogP contribution in [0.1, 0.15) is 10.4 Å². The van der Waals surface area contributed by atoms with E-state index in [0.717, 1.165) is 5.69 Å². The predicted octanol–water partition coefficient (Wildman–Crippen LogP) is 1.91. The molecular weight excluding hydrogens is 384 g/mol. The highest BCUT2D eigenvalue weighted by molar-refractivity contribution is 7.89. The zero-order valence-electron chi connectivity index (χ0n) is 15.7. The minimum atomic E-state index is -3.67. The number of aromatic carboxylic acids is 1. The molecule has 1 N–H and O–H groups in total. The Morgan fingerprint density at radius 3 is 2.14 bits per heavy atom. The summed E-state index contributed by atoms with van der Waals surface area (Å²) in [5, 5.41) is 8.96. The van der Waals surface area contributed by atoms with Gasteiger partial charge in [-0.3, -0.25) is 0 Å². The fourth-order valence-corrected chi connectivity index (χ4v) is 4.56. The lowest BCUT2D eigenvalue weighted by atomic mass is 10.2. The van der Waals surface area contributed by atoms with E-state index in [1.807, 2.05) is 12.1 Å². The molecular formula is C19H22N2O6S. The molecule has 0 saturated carbocycles. The van der Waals surface area contributed by atoms with Crippen molar-refractivity contribution in [3.05, 3.63) is 48.0 Å². The molecule has 1 heterocycles. The average molecular weight is 406 g/mol. The molecule has 2 aromatic carbocycles. The quantitative estimate of drug-likeness (QED) is 0.783. The Morgan fingerprint density at radius 1 is 0.964 bits per heavy atom. The van der Waals surface area contributed by atoms with E-state index >= 15 is 0 Å². The van der Waals surface area contributed by atoms with E-state index in [2.05, 4.69) is 4.90 Å². The Morgan fingerprint density at radius 2 is 1.61 bits per heavy atom. The lowest BCUT2D eigenvalue weighted by Gasteiger charge is -2.36. The molecule has 2 aromatic rings. The molecule has 0 unspecified atom stereocenters. The molecule has 0 bridgehead atoms. The standard InChI is InChI=1S/C19H22N2O6S/c1-26-15-5-8-17(18(13-15)27-2)20-9-11-21(12-10-20)28(24,25)16-6-3-14(4-7-16)19(22)23/h3-8,13H,9-12H2,1-2H3,(H,22,23). The van der Waals surface area contributed by atoms with Gasteiger partial charge in [0.2, 0.25) is 10.0 Å². The van der Waals surface area contributed by atoms with E-state index in [4.69, 9.17) is 14.6 Å². The maximum Gasteiger partial charge on any atom is 0.335 e. The number of anilines is 1. The van der Waals surface area contributed by atoms with Crippen LogP contribution < -0.4 is 14.4 Å². The molecule has 28 heavy (non-hydrogen) atoms. The number of carbonyl (C=O) groups is 1. The molecule has 0 spiro atoms. The van der Waals surface area contributed by atoms with Gasteiger partial charge >= 0.3 is 5.97 Å². The Kier molecular flexibility index (Phi) is 5.76. The van der Waals surface area contributed by atoms with Gasteiger partial charge in [-0.25, -0.2) is 13.2 Å². The van der Waals surface area contributed by atoms with Gasteiger partial charge in [0.15, 0.2) is 0 Å². The van der Waals surface area contributed by atoms with Crippen molar-refractivity contribution in [2.45, 2.75) is 4.90 Å². The molecule has 0 radical (unpaired) electrons. The zero-order valence-corrected chi connectivity index (χ0v) is 16.5. The lowest BCUT2D eigenvalue weighted by molar-refractivity contribution is 0.0696. The molecule has 9 heteroatoms. The normalized spacial score (nSPS) is 15.3. The molecule has 1 fully saturated rings. The number of carboxylic acid groups (broad SMARTS) is 1. The maximum absolute atomic E-state index is 12.8. The molecule has 0 aromatic heterocycles. The van der Waals surface area contributed by atoms with Crippen molar-refractivity contribution in [1.29, 1.82) is 0 Å². The first-order valence-electron chi connectivity index (χ1n) is 8.67. The summed E-state index contributed by atoms with van der Waals surface area (Å²) >= 11 is 0. The molecule has 0 aliphatic carbocycles. The first-order valence-corrected chi connectivity index (χ1v) is 10.1. The van der Waals surface area contributed by atoms with Crippen LogP contribution in [0.4, 0.5) is 5.69 Å². The second-order valence-electron chi connectivity index (χ2n) is 6.26. The molecule has 150 valence electrons. The van der Waals surface area contributed by atoms with Crippen LogP contribution in [0.2, 0.25) is 0 Å². The SMILES string of the molecule is COc1ccc(N2CCN(S(=O)(=O)c3ccc(C(=O)O)cc3)CC2)c(OC)c1. The molecule has 8 nitrogen and oxygen atoms in total. The highest BCUT2D eigenvalue weighted by Crippen LogP contribution is 2.33. The fourth-order valence-electron chi connectivity index (χ4n) is 3.13. The van der Waals surface area contributed by atoms with Gasteiger partial charge in [-0.15, -0.1) is 0 Å². The van der Waals surface area contributed by atoms with E-state index in [0.29, 0.717) is 37.7 Å². The zero-order chi connectivity index (χ0) is 20.3. The van der Waals surface area contributed by atoms with Gasteiger partial charge in [0, 0.05) is 32.2 Å². The van der Waals surface area contributed by atoms with Crippen LogP contribution in [0, 0.1) is 0 Å². The van der Waals surface area contributed by atoms with Crippen LogP contribution in [0.5, 0.6) is 11.5 Å². The van der Waals surface area contributed by atoms with Crippen molar-refractivity contribution in [3.8, 4) is 11.5 Å². The van der Waals surface area contributed by atoms with Crippen LogP contribution in [-0.2, 0) is 10.0 Å². The van der Waals surface area contributed by atoms with Crippen LogP contribution >= 0.6 is 0 Å². The minimum absolute atomic E-state index is 0.0513. The first kappa shape index (κ1) is 20.0. The van der Waals surface area contributed by atoms with Crippen LogP contribution in [-0.4, -0.2) is 64.2 Å². The first-order chi connectivity index (χ1) is 13.4. The van der Waals surface area contributed by atoms with Crippen molar-refractivity contribution in [2.75, 3.05) is 45.3 Å². The van der Waals surface area contributed by atoms with Gasteiger partial charge in [0.25, 0.3) is 0 Å². The highest BCUT2D eigenvalue weighted by atomic mass is 32.2. The number of carboxylic acids is 1. The molecule has 1 aliphatic rings. The topological polar surface area (TPSA) is 96.4 Å². The van der Waals surface area contributed by atoms with E-state index in [1.165, 1.54) is 28.6 Å². The summed E-state index contributed by atoms with van der Waals surface area (Å²) in [4.78, 5) is 13.1. The summed E-state index contributed by atoms with van der Waals surface area (Å²) in [6, 6.07) is 10.8. The number of benzene rings is 2. The van der Waals surface area contributed by atoms with Crippen molar-refractivity contribution in [2.24, 2.45) is 0 Å². The van der Waals surface area contributed by atoms with Crippen molar-refractivity contribution in [1.82, 2.24) is 4.31 Å². The van der Waals surface area contributed by atoms with Crippen molar-refractivity contribution in [3.63, 3.8) is 0 Å². The fraction of sp³-hybridized carbons (Fsp3) is 0.316. The highest BCUT2D eigenvalue weighted by Gasteiger charge is 2.29. The average Bonchev–Trinajstić information content (AvgIpc) is 2.73. The maximum atomic E-state index is 12.8. The third-order valence-corrected chi connectivity index (χ3v) is 6.62. The van der Waals surface area contributed by atoms with Gasteiger partial charge in [-0.1, -0.05) is 0 Å². The summed E-state index contributed by atoms with van der Waals surface area (Å²) < 4.78 is 37.7. The number of hydrogen-bond donors (Lipinski definition) is 1.